The molecule has 0 bridgehead atoms. The van der Waals surface area contributed by atoms with Crippen LogP contribution in [0.2, 0.25) is 0 Å². The molecule has 0 aromatic carbocycles. The monoisotopic (exact) mass is 113 g/mol. The van der Waals surface area contributed by atoms with Gasteiger partial charge in [0, 0.05) is 0 Å². The molecule has 0 saturated carbocycles. The fourth-order valence-electron chi connectivity index (χ4n) is 0.446. The van der Waals surface area contributed by atoms with Gasteiger partial charge in [0.2, 0.25) is 0 Å². The highest BCUT2D eigenvalue weighted by atomic mass is 16.7. The Balaban J connectivity index is 2.72. The van der Waals surface area contributed by atoms with E-state index in [-0.39, 0.29) is 11.9 Å². The van der Waals surface area contributed by atoms with E-state index in [1.807, 2.05) is 0 Å². The van der Waals surface area contributed by atoms with Gasteiger partial charge in [-0.2, -0.15) is 0 Å². The highest BCUT2D eigenvalue weighted by molar-refractivity contribution is 6.03. The number of oxime groups is 1. The summed E-state index contributed by atoms with van der Waals surface area (Å²) in [6.07, 6.45) is 0. The number of carbonyl (C=O) groups is 1. The molecule has 0 saturated heterocycles. The first-order chi connectivity index (χ1) is 3.72. The molecule has 0 spiro atoms. The molecule has 3 heteroatoms. The minimum absolute atomic E-state index is 0.130. The van der Waals surface area contributed by atoms with Crippen LogP contribution in [0.3, 0.4) is 0 Å². The maximum Gasteiger partial charge on any atom is 0.343 e. The summed E-state index contributed by atoms with van der Waals surface area (Å²) in [4.78, 5) is 14.8. The standard InChI is InChI=1S/C5H7NO2/c1-3-4(2)6-8-5(3)7/h3H,1-2H3/t3-/m1/s1. The average Bonchev–Trinajstić information content (AvgIpc) is 1.98. The second kappa shape index (κ2) is 1.58. The fraction of sp³-hybridized carbons (Fsp3) is 0.600. The zero-order chi connectivity index (χ0) is 6.15. The molecular formula is C5H7NO2. The van der Waals surface area contributed by atoms with Crippen molar-refractivity contribution >= 4 is 11.7 Å². The van der Waals surface area contributed by atoms with E-state index < -0.39 is 0 Å². The van der Waals surface area contributed by atoms with Crippen LogP contribution in [-0.2, 0) is 9.63 Å². The van der Waals surface area contributed by atoms with Crippen LogP contribution in [-0.4, -0.2) is 11.7 Å². The summed E-state index contributed by atoms with van der Waals surface area (Å²) in [5.41, 5.74) is 0.759. The lowest BCUT2D eigenvalue weighted by atomic mass is 10.1. The van der Waals surface area contributed by atoms with Crippen molar-refractivity contribution in [1.82, 2.24) is 0 Å². The van der Waals surface area contributed by atoms with Crippen molar-refractivity contribution in [2.45, 2.75) is 13.8 Å². The average molecular weight is 113 g/mol. The smallest absolute Gasteiger partial charge is 0.318 e. The van der Waals surface area contributed by atoms with Crippen LogP contribution in [0.25, 0.3) is 0 Å². The molecular weight excluding hydrogens is 106 g/mol. The van der Waals surface area contributed by atoms with Gasteiger partial charge in [-0.15, -0.1) is 0 Å². The molecule has 44 valence electrons. The fourth-order valence-corrected chi connectivity index (χ4v) is 0.446. The van der Waals surface area contributed by atoms with E-state index >= 15 is 0 Å². The molecule has 1 aliphatic rings. The molecule has 0 aliphatic carbocycles. The first-order valence-corrected chi connectivity index (χ1v) is 2.47. The molecule has 1 heterocycles. The van der Waals surface area contributed by atoms with Crippen LogP contribution in [0.15, 0.2) is 5.16 Å². The first-order valence-electron chi connectivity index (χ1n) is 2.47. The van der Waals surface area contributed by atoms with Gasteiger partial charge in [0.1, 0.15) is 0 Å². The van der Waals surface area contributed by atoms with Crippen molar-refractivity contribution in [3.63, 3.8) is 0 Å². The van der Waals surface area contributed by atoms with Crippen molar-refractivity contribution < 1.29 is 9.63 Å². The highest BCUT2D eigenvalue weighted by Gasteiger charge is 2.23. The van der Waals surface area contributed by atoms with Gasteiger partial charge in [0.15, 0.2) is 0 Å². The van der Waals surface area contributed by atoms with Crippen molar-refractivity contribution in [2.75, 3.05) is 0 Å². The van der Waals surface area contributed by atoms with Crippen LogP contribution in [0.4, 0.5) is 0 Å². The second-order valence-electron chi connectivity index (χ2n) is 1.86. The Morgan fingerprint density at radius 3 is 2.50 bits per heavy atom. The topological polar surface area (TPSA) is 38.7 Å². The van der Waals surface area contributed by atoms with Crippen LogP contribution in [0, 0.1) is 5.92 Å². The zero-order valence-electron chi connectivity index (χ0n) is 4.84. The van der Waals surface area contributed by atoms with E-state index in [0.29, 0.717) is 0 Å². The van der Waals surface area contributed by atoms with Gasteiger partial charge in [0.05, 0.1) is 11.6 Å². The van der Waals surface area contributed by atoms with E-state index in [1.54, 1.807) is 13.8 Å². The normalized spacial score (nSPS) is 27.5. The summed E-state index contributed by atoms with van der Waals surface area (Å²) < 4.78 is 0. The summed E-state index contributed by atoms with van der Waals surface area (Å²) in [6, 6.07) is 0. The van der Waals surface area contributed by atoms with E-state index in [2.05, 4.69) is 9.99 Å². The summed E-state index contributed by atoms with van der Waals surface area (Å²) in [7, 11) is 0. The van der Waals surface area contributed by atoms with Crippen molar-refractivity contribution in [3.05, 3.63) is 0 Å². The molecule has 0 N–H and O–H groups in total. The molecule has 3 nitrogen and oxygen atoms in total. The van der Waals surface area contributed by atoms with Crippen LogP contribution in [0.5, 0.6) is 0 Å². The molecule has 0 radical (unpaired) electrons. The molecule has 1 atom stereocenters. The SMILES string of the molecule is CC1=NOC(=O)[C@@H]1C. The third-order valence-corrected chi connectivity index (χ3v) is 1.26. The second-order valence-corrected chi connectivity index (χ2v) is 1.86. The molecule has 0 amide bonds. The Kier molecular flexibility index (Phi) is 1.04. The number of carbonyl (C=O) groups excluding carboxylic acids is 1. The number of nitrogens with zero attached hydrogens (tertiary/aromatic N) is 1. The maximum atomic E-state index is 10.4. The Morgan fingerprint density at radius 1 is 1.75 bits per heavy atom. The molecule has 0 aromatic heterocycles. The summed E-state index contributed by atoms with van der Waals surface area (Å²) in [5, 5.41) is 3.47. The molecule has 0 unspecified atom stereocenters. The largest absolute Gasteiger partial charge is 0.343 e. The Morgan fingerprint density at radius 2 is 2.38 bits per heavy atom. The molecule has 0 aromatic rings. The van der Waals surface area contributed by atoms with Gasteiger partial charge in [0.25, 0.3) is 0 Å². The van der Waals surface area contributed by atoms with Crippen molar-refractivity contribution in [3.8, 4) is 0 Å². The van der Waals surface area contributed by atoms with Gasteiger partial charge in [-0.1, -0.05) is 5.16 Å². The highest BCUT2D eigenvalue weighted by Crippen LogP contribution is 2.09. The third kappa shape index (κ3) is 0.598. The van der Waals surface area contributed by atoms with E-state index in [1.165, 1.54) is 0 Å². The Labute approximate surface area is 47.3 Å². The van der Waals surface area contributed by atoms with Gasteiger partial charge in [-0.05, 0) is 13.8 Å². The zero-order valence-corrected chi connectivity index (χ0v) is 4.84. The van der Waals surface area contributed by atoms with Gasteiger partial charge < -0.3 is 4.84 Å². The van der Waals surface area contributed by atoms with E-state index in [0.717, 1.165) is 5.71 Å². The maximum absolute atomic E-state index is 10.4. The minimum Gasteiger partial charge on any atom is -0.318 e. The first kappa shape index (κ1) is 5.28. The van der Waals surface area contributed by atoms with Crippen molar-refractivity contribution in [1.29, 1.82) is 0 Å². The van der Waals surface area contributed by atoms with Crippen molar-refractivity contribution in [2.24, 2.45) is 11.1 Å². The third-order valence-electron chi connectivity index (χ3n) is 1.26. The van der Waals surface area contributed by atoms with Gasteiger partial charge in [-0.3, -0.25) is 0 Å². The molecule has 0 fully saturated rings. The summed E-state index contributed by atoms with van der Waals surface area (Å²) in [6.45, 7) is 3.55. The Bertz CT molecular complexity index is 151. The molecule has 1 rings (SSSR count). The number of hydrogen-bond donors (Lipinski definition) is 0. The van der Waals surface area contributed by atoms with Crippen LogP contribution >= 0.6 is 0 Å². The molecule has 1 aliphatic heterocycles. The number of hydrogen-bond acceptors (Lipinski definition) is 3. The quantitative estimate of drug-likeness (QED) is 0.430. The predicted molar refractivity (Wildman–Crippen MR) is 28.4 cm³/mol. The van der Waals surface area contributed by atoms with E-state index in [9.17, 15) is 4.79 Å². The summed E-state index contributed by atoms with van der Waals surface area (Å²) >= 11 is 0. The Hall–Kier alpha value is -0.860. The number of rotatable bonds is 0. The van der Waals surface area contributed by atoms with Gasteiger partial charge in [-0.25, -0.2) is 4.79 Å². The van der Waals surface area contributed by atoms with Crippen LogP contribution < -0.4 is 0 Å². The lowest BCUT2D eigenvalue weighted by Gasteiger charge is -1.90. The predicted octanol–water partition coefficient (Wildman–Crippen LogP) is 0.555. The lowest BCUT2D eigenvalue weighted by molar-refractivity contribution is -0.142. The van der Waals surface area contributed by atoms with Gasteiger partial charge >= 0.3 is 5.97 Å². The summed E-state index contributed by atoms with van der Waals surface area (Å²) in [5.74, 6) is -0.377. The lowest BCUT2D eigenvalue weighted by Crippen LogP contribution is -2.10. The molecule has 8 heavy (non-hydrogen) atoms. The van der Waals surface area contributed by atoms with Crippen LogP contribution in [0.1, 0.15) is 13.8 Å². The minimum atomic E-state index is -0.248. The van der Waals surface area contributed by atoms with E-state index in [4.69, 9.17) is 0 Å².